The first-order valence-corrected chi connectivity index (χ1v) is 8.94. The largest absolute Gasteiger partial charge is 0.464 e. The summed E-state index contributed by atoms with van der Waals surface area (Å²) in [6.07, 6.45) is 1.30. The summed E-state index contributed by atoms with van der Waals surface area (Å²) < 4.78 is 9.96. The topological polar surface area (TPSA) is 121 Å². The highest BCUT2D eigenvalue weighted by molar-refractivity contribution is 6.65. The maximum absolute atomic E-state index is 12.2. The van der Waals surface area contributed by atoms with Crippen LogP contribution in [0.5, 0.6) is 0 Å². The Morgan fingerprint density at radius 1 is 1.03 bits per heavy atom. The van der Waals surface area contributed by atoms with Gasteiger partial charge in [0.05, 0.1) is 19.0 Å². The fraction of sp³-hybridized carbons (Fsp3) is 0.400. The van der Waals surface area contributed by atoms with Crippen LogP contribution in [0.2, 0.25) is 0 Å². The molecule has 0 aliphatic rings. The number of esters is 2. The van der Waals surface area contributed by atoms with Gasteiger partial charge in [-0.05, 0) is 27.7 Å². The van der Waals surface area contributed by atoms with Gasteiger partial charge in [-0.25, -0.2) is 9.59 Å². The molecule has 0 bridgehead atoms. The van der Waals surface area contributed by atoms with Crippen molar-refractivity contribution in [3.63, 3.8) is 0 Å². The van der Waals surface area contributed by atoms with E-state index >= 15 is 0 Å². The van der Waals surface area contributed by atoms with Gasteiger partial charge in [-0.1, -0.05) is 40.6 Å². The van der Waals surface area contributed by atoms with Gasteiger partial charge in [0.15, 0.2) is 12.3 Å². The monoisotopic (exact) mass is 418 g/mol. The molecule has 0 unspecified atom stereocenters. The smallest absolute Gasteiger partial charge is 0.362 e. The minimum Gasteiger partial charge on any atom is -0.464 e. The van der Waals surface area contributed by atoms with Crippen molar-refractivity contribution >= 4 is 35.3 Å². The number of nitrogens with zero attached hydrogens (tertiary/aromatic N) is 4. The molecule has 30 heavy (non-hydrogen) atoms. The molecule has 1 rings (SSSR count). The molecule has 0 aliphatic carbocycles. The lowest BCUT2D eigenvalue weighted by Gasteiger charge is -2.19. The number of oxime groups is 2. The summed E-state index contributed by atoms with van der Waals surface area (Å²) in [7, 11) is 2.56. The first-order valence-electron chi connectivity index (χ1n) is 8.94. The van der Waals surface area contributed by atoms with Crippen molar-refractivity contribution in [3.05, 3.63) is 35.9 Å². The van der Waals surface area contributed by atoms with E-state index in [9.17, 15) is 9.59 Å². The Morgan fingerprint density at radius 3 is 2.27 bits per heavy atom. The van der Waals surface area contributed by atoms with Crippen LogP contribution in [-0.2, 0) is 28.7 Å². The summed E-state index contributed by atoms with van der Waals surface area (Å²) in [5.41, 5.74) is -0.0543. The normalized spacial score (nSPS) is 13.2. The van der Waals surface area contributed by atoms with Crippen LogP contribution in [0.15, 0.2) is 50.8 Å². The molecule has 0 atom stereocenters. The Hall–Kier alpha value is -3.56. The number of methoxy groups -OCH3 is 1. The molecule has 0 radical (unpaired) electrons. The van der Waals surface area contributed by atoms with Gasteiger partial charge in [-0.15, -0.1) is 0 Å². The minimum atomic E-state index is -0.697. The molecule has 0 saturated heterocycles. The van der Waals surface area contributed by atoms with E-state index in [0.29, 0.717) is 5.56 Å². The van der Waals surface area contributed by atoms with E-state index in [1.165, 1.54) is 27.4 Å². The van der Waals surface area contributed by atoms with E-state index in [2.05, 4.69) is 25.4 Å². The summed E-state index contributed by atoms with van der Waals surface area (Å²) in [4.78, 5) is 33.8. The van der Waals surface area contributed by atoms with Gasteiger partial charge in [0.2, 0.25) is 5.71 Å². The SMILES string of the molecule is CO\N=C(C(=O)OC(C)(C)C)/C(C)=N/N=C/CO/N=C(\C(=O)OC)c1ccccc1. The third-order valence-corrected chi connectivity index (χ3v) is 3.14. The van der Waals surface area contributed by atoms with E-state index < -0.39 is 17.5 Å². The lowest BCUT2D eigenvalue weighted by atomic mass is 10.1. The van der Waals surface area contributed by atoms with Gasteiger partial charge < -0.3 is 19.1 Å². The van der Waals surface area contributed by atoms with Gasteiger partial charge in [0.25, 0.3) is 0 Å². The Kier molecular flexibility index (Phi) is 9.87. The first kappa shape index (κ1) is 24.5. The van der Waals surface area contributed by atoms with Crippen molar-refractivity contribution in [2.75, 3.05) is 20.8 Å². The van der Waals surface area contributed by atoms with Crippen molar-refractivity contribution in [1.29, 1.82) is 0 Å². The molecule has 0 spiro atoms. The predicted molar refractivity (Wildman–Crippen MR) is 113 cm³/mol. The number of hydrogen-bond acceptors (Lipinski definition) is 10. The fourth-order valence-electron chi connectivity index (χ4n) is 1.91. The molecule has 0 aromatic heterocycles. The molecule has 10 nitrogen and oxygen atoms in total. The van der Waals surface area contributed by atoms with E-state index in [0.717, 1.165) is 0 Å². The molecule has 0 N–H and O–H groups in total. The quantitative estimate of drug-likeness (QED) is 0.263. The lowest BCUT2D eigenvalue weighted by molar-refractivity contribution is -0.146. The minimum absolute atomic E-state index is 0.0191. The van der Waals surface area contributed by atoms with Crippen LogP contribution in [0.3, 0.4) is 0 Å². The molecule has 0 fully saturated rings. The lowest BCUT2D eigenvalue weighted by Crippen LogP contribution is -2.32. The molecular weight excluding hydrogens is 392 g/mol. The number of ether oxygens (including phenoxy) is 2. The van der Waals surface area contributed by atoms with Crippen molar-refractivity contribution in [1.82, 2.24) is 0 Å². The second-order valence-electron chi connectivity index (χ2n) is 6.70. The molecule has 0 heterocycles. The third-order valence-electron chi connectivity index (χ3n) is 3.14. The van der Waals surface area contributed by atoms with E-state index in [-0.39, 0.29) is 23.7 Å². The summed E-state index contributed by atoms with van der Waals surface area (Å²) >= 11 is 0. The van der Waals surface area contributed by atoms with Crippen molar-refractivity contribution in [2.45, 2.75) is 33.3 Å². The van der Waals surface area contributed by atoms with Gasteiger partial charge in [0, 0.05) is 5.56 Å². The van der Waals surface area contributed by atoms with Gasteiger partial charge in [0.1, 0.15) is 12.7 Å². The summed E-state index contributed by atoms with van der Waals surface area (Å²) in [6, 6.07) is 8.74. The molecule has 0 aliphatic heterocycles. The van der Waals surface area contributed by atoms with Crippen LogP contribution in [0.1, 0.15) is 33.3 Å². The second-order valence-corrected chi connectivity index (χ2v) is 6.70. The van der Waals surface area contributed by atoms with Crippen LogP contribution in [0.25, 0.3) is 0 Å². The molecule has 0 amide bonds. The maximum Gasteiger partial charge on any atom is 0.362 e. The average molecular weight is 418 g/mol. The highest BCUT2D eigenvalue weighted by atomic mass is 16.6. The molecule has 1 aromatic carbocycles. The van der Waals surface area contributed by atoms with Crippen LogP contribution in [0.4, 0.5) is 0 Å². The van der Waals surface area contributed by atoms with E-state index in [1.807, 2.05) is 6.07 Å². The van der Waals surface area contributed by atoms with Crippen LogP contribution < -0.4 is 0 Å². The van der Waals surface area contributed by atoms with Gasteiger partial charge in [-0.3, -0.25) is 0 Å². The molecule has 162 valence electrons. The van der Waals surface area contributed by atoms with Crippen LogP contribution >= 0.6 is 0 Å². The number of carbonyl (C=O) groups is 2. The molecular formula is C20H26N4O6. The Bertz CT molecular complexity index is 839. The summed E-state index contributed by atoms with van der Waals surface area (Å²) in [5.74, 6) is -1.32. The predicted octanol–water partition coefficient (Wildman–Crippen LogP) is 2.37. The highest BCUT2D eigenvalue weighted by Crippen LogP contribution is 2.08. The molecule has 1 aromatic rings. The Morgan fingerprint density at radius 2 is 1.70 bits per heavy atom. The number of hydrogen-bond donors (Lipinski definition) is 0. The van der Waals surface area contributed by atoms with Crippen molar-refractivity contribution < 1.29 is 28.7 Å². The highest BCUT2D eigenvalue weighted by Gasteiger charge is 2.24. The van der Waals surface area contributed by atoms with Crippen LogP contribution in [0, 0.1) is 0 Å². The van der Waals surface area contributed by atoms with Crippen molar-refractivity contribution in [3.8, 4) is 0 Å². The second kappa shape index (κ2) is 12.1. The van der Waals surface area contributed by atoms with Gasteiger partial charge >= 0.3 is 11.9 Å². The number of carbonyl (C=O) groups excluding carboxylic acids is 2. The zero-order valence-corrected chi connectivity index (χ0v) is 17.9. The Balaban J connectivity index is 2.78. The van der Waals surface area contributed by atoms with E-state index in [4.69, 9.17) is 14.3 Å². The first-order chi connectivity index (χ1) is 14.2. The van der Waals surface area contributed by atoms with Crippen LogP contribution in [-0.4, -0.2) is 61.7 Å². The molecule has 10 heteroatoms. The molecule has 0 saturated carbocycles. The van der Waals surface area contributed by atoms with E-state index in [1.54, 1.807) is 45.0 Å². The standard InChI is InChI=1S/C20H26N4O6/c1-14(16(23-28-6)19(26)30-20(2,3)4)22-21-12-13-29-24-17(18(25)27-5)15-10-8-7-9-11-15/h7-12H,13H2,1-6H3/b21-12+,22-14+,23-16+,24-17-. The van der Waals surface area contributed by atoms with Crippen molar-refractivity contribution in [2.24, 2.45) is 20.5 Å². The third kappa shape index (κ3) is 8.63. The summed E-state index contributed by atoms with van der Waals surface area (Å²) in [6.45, 7) is 6.65. The van der Waals surface area contributed by atoms with Gasteiger partial charge in [-0.2, -0.15) is 10.2 Å². The zero-order chi connectivity index (χ0) is 22.6. The fourth-order valence-corrected chi connectivity index (χ4v) is 1.91. The number of benzene rings is 1. The Labute approximate surface area is 175 Å². The average Bonchev–Trinajstić information content (AvgIpc) is 2.70. The number of rotatable bonds is 9. The maximum atomic E-state index is 12.2. The summed E-state index contributed by atoms with van der Waals surface area (Å²) in [5, 5.41) is 15.1. The zero-order valence-electron chi connectivity index (χ0n) is 17.9.